The molecule has 3 aromatic heterocycles. The van der Waals surface area contributed by atoms with Crippen LogP contribution >= 0.6 is 34.4 Å². The molecule has 0 saturated heterocycles. The molecule has 0 unspecified atom stereocenters. The number of allylic oxidation sites excluding steroid dienone is 3. The van der Waals surface area contributed by atoms with Crippen LogP contribution in [0, 0.1) is 41.9 Å². The minimum absolute atomic E-state index is 0.0582. The van der Waals surface area contributed by atoms with E-state index in [9.17, 15) is 62.5 Å². The predicted octanol–water partition coefficient (Wildman–Crippen LogP) is -0.238. The molecule has 0 amide bonds. The smallest absolute Gasteiger partial charge is 0.323 e. The molecule has 0 atom stereocenters. The van der Waals surface area contributed by atoms with Gasteiger partial charge in [-0.25, -0.2) is 0 Å². The minimum Gasteiger partial charge on any atom is -0.480 e. The Hall–Kier alpha value is -5.26. The van der Waals surface area contributed by atoms with E-state index in [0.29, 0.717) is 41.4 Å². The van der Waals surface area contributed by atoms with Gasteiger partial charge in [-0.3, -0.25) is 42.2 Å². The largest absolute Gasteiger partial charge is 0.480 e. The zero-order chi connectivity index (χ0) is 38.1. The van der Waals surface area contributed by atoms with Gasteiger partial charge in [0.25, 0.3) is 26.8 Å². The Kier molecular flexibility index (Phi) is 11.1. The van der Waals surface area contributed by atoms with Gasteiger partial charge in [-0.1, -0.05) is 11.8 Å². The van der Waals surface area contributed by atoms with Gasteiger partial charge in [-0.05, 0) is 38.7 Å². The molecule has 5 rings (SSSR count). The number of carboxylic acids is 2. The molecule has 3 N–H and O–H groups in total. The number of hydrogen-bond acceptors (Lipinski definition) is 15. The van der Waals surface area contributed by atoms with E-state index in [1.807, 2.05) is 4.90 Å². The van der Waals surface area contributed by atoms with Gasteiger partial charge in [0.1, 0.15) is 45.4 Å². The zero-order valence-corrected chi connectivity index (χ0v) is 30.1. The van der Waals surface area contributed by atoms with Gasteiger partial charge < -0.3 is 24.3 Å². The summed E-state index contributed by atoms with van der Waals surface area (Å²) in [4.78, 5) is 79.4. The van der Waals surface area contributed by atoms with Gasteiger partial charge in [-0.15, -0.1) is 22.7 Å². The Morgan fingerprint density at radius 1 is 0.942 bits per heavy atom. The normalized spacial score (nSPS) is 17.1. The Balaban J connectivity index is 1.92. The lowest BCUT2D eigenvalue weighted by Gasteiger charge is -2.22. The van der Waals surface area contributed by atoms with Crippen molar-refractivity contribution in [3.63, 3.8) is 0 Å². The zero-order valence-electron chi connectivity index (χ0n) is 26.9. The predicted molar refractivity (Wildman–Crippen MR) is 184 cm³/mol. The number of thiazole rings is 2. The van der Waals surface area contributed by atoms with E-state index in [2.05, 4.69) is 0 Å². The maximum absolute atomic E-state index is 13.9. The SMILES string of the molecule is C/C(C=C1SC2=C(CCCC2)N1CC=O)=c1\o/c(=c2/s/c(=c3/sc(=C(C#N)C#N)n(CCS(=O)(=O)O)c3=O)n(CC(=O)O)c2=O)n(CC(=O)O)c1=O. The van der Waals surface area contributed by atoms with E-state index in [0.717, 1.165) is 42.6 Å². The summed E-state index contributed by atoms with van der Waals surface area (Å²) < 4.78 is 38.6. The highest BCUT2D eigenvalue weighted by Gasteiger charge is 2.29. The summed E-state index contributed by atoms with van der Waals surface area (Å²) in [6, 6.07) is 3.15. The lowest BCUT2D eigenvalue weighted by atomic mass is 10.0. The van der Waals surface area contributed by atoms with Crippen LogP contribution < -0.4 is 26.8 Å². The molecule has 4 heterocycles. The molecule has 0 radical (unpaired) electrons. The second-order valence-electron chi connectivity index (χ2n) is 11.2. The summed E-state index contributed by atoms with van der Waals surface area (Å²) in [6.07, 6.45) is 5.84. The first-order valence-corrected chi connectivity index (χ1v) is 19.1. The molecule has 0 aromatic carbocycles. The number of carbonyl (C=O) groups is 3. The third kappa shape index (κ3) is 7.51. The van der Waals surface area contributed by atoms with E-state index in [-0.39, 0.29) is 26.9 Å². The van der Waals surface area contributed by atoms with Crippen LogP contribution in [0.15, 0.2) is 40.5 Å². The number of aromatic nitrogens is 3. The van der Waals surface area contributed by atoms with Gasteiger partial charge in [-0.2, -0.15) is 18.9 Å². The summed E-state index contributed by atoms with van der Waals surface area (Å²) in [5, 5.41) is 39.0. The van der Waals surface area contributed by atoms with Gasteiger partial charge in [0.15, 0.2) is 15.5 Å². The molecular formula is C30H26N6O12S4. The Morgan fingerprint density at radius 3 is 2.19 bits per heavy atom. The van der Waals surface area contributed by atoms with Crippen molar-refractivity contribution in [3.05, 3.63) is 82.1 Å². The molecule has 0 fully saturated rings. The van der Waals surface area contributed by atoms with E-state index >= 15 is 0 Å². The van der Waals surface area contributed by atoms with Crippen LogP contribution in [0.5, 0.6) is 0 Å². The van der Waals surface area contributed by atoms with Crippen LogP contribution in [-0.2, 0) is 44.1 Å². The molecule has 272 valence electrons. The van der Waals surface area contributed by atoms with Crippen LogP contribution in [0.1, 0.15) is 32.6 Å². The molecule has 52 heavy (non-hydrogen) atoms. The second-order valence-corrected chi connectivity index (χ2v) is 15.9. The van der Waals surface area contributed by atoms with Crippen LogP contribution in [0.2, 0.25) is 0 Å². The number of oxazole rings is 1. The van der Waals surface area contributed by atoms with Crippen molar-refractivity contribution in [2.24, 2.45) is 0 Å². The summed E-state index contributed by atoms with van der Waals surface area (Å²) in [7, 11) is -4.64. The highest BCUT2D eigenvalue weighted by Crippen LogP contribution is 2.47. The van der Waals surface area contributed by atoms with E-state index < -0.39 is 84.3 Å². The minimum atomic E-state index is -4.64. The maximum atomic E-state index is 13.9. The highest BCUT2D eigenvalue weighted by molar-refractivity contribution is 8.07. The third-order valence-corrected chi connectivity index (χ3v) is 12.2. The van der Waals surface area contributed by atoms with E-state index in [1.54, 1.807) is 18.2 Å². The monoisotopic (exact) mass is 790 g/mol. The van der Waals surface area contributed by atoms with Crippen molar-refractivity contribution in [1.82, 2.24) is 18.6 Å². The molecule has 1 aliphatic heterocycles. The van der Waals surface area contributed by atoms with Crippen molar-refractivity contribution in [2.45, 2.75) is 52.2 Å². The number of nitriles is 2. The molecule has 22 heteroatoms. The summed E-state index contributed by atoms with van der Waals surface area (Å²) >= 11 is 2.37. The van der Waals surface area contributed by atoms with Crippen LogP contribution in [0.3, 0.4) is 0 Å². The first-order chi connectivity index (χ1) is 24.6. The fourth-order valence-electron chi connectivity index (χ4n) is 5.57. The van der Waals surface area contributed by atoms with Gasteiger partial charge in [0.05, 0.1) is 17.3 Å². The van der Waals surface area contributed by atoms with Crippen LogP contribution in [-0.4, -0.2) is 72.3 Å². The fourth-order valence-corrected chi connectivity index (χ4v) is 9.72. The number of carboxylic acid groups (broad SMARTS) is 2. The average Bonchev–Trinajstić information content (AvgIpc) is 3.78. The molecule has 1 aliphatic carbocycles. The van der Waals surface area contributed by atoms with Crippen molar-refractivity contribution in [1.29, 1.82) is 10.5 Å². The number of thioether (sulfide) groups is 1. The fraction of sp³-hybridized carbons (Fsp3) is 0.333. The first-order valence-electron chi connectivity index (χ1n) is 15.0. The molecule has 0 saturated carbocycles. The number of nitrogens with zero attached hydrogens (tertiary/aromatic N) is 6. The Labute approximate surface area is 302 Å². The molecular weight excluding hydrogens is 765 g/mol. The lowest BCUT2D eigenvalue weighted by Crippen LogP contribution is -2.31. The summed E-state index contributed by atoms with van der Waals surface area (Å²) in [6.45, 7) is -1.16. The van der Waals surface area contributed by atoms with Crippen LogP contribution in [0.4, 0.5) is 0 Å². The second kappa shape index (κ2) is 15.1. The standard InChI is InChI=1S/C30H26N6O12S4/c1-15(10-19-33(6-8-37)17-4-2-3-5-18(17)49-19)22-25(42)35(13-20(38)39)28(48-22)23-26(43)36(14-21(40)41)30(50-23)24-27(44)34(7-9-52(45,46)47)29(51-24)16(11-31)12-32/h8,10H,2-7,9,13-14H2,1H3,(H,38,39)(H,40,41)(H,45,46,47)/b19-10?,22-15+,28-23+,30-24+. The Morgan fingerprint density at radius 2 is 1.58 bits per heavy atom. The molecule has 18 nitrogen and oxygen atoms in total. The van der Waals surface area contributed by atoms with Crippen molar-refractivity contribution in [3.8, 4) is 12.1 Å². The maximum Gasteiger partial charge on any atom is 0.323 e. The van der Waals surface area contributed by atoms with E-state index in [4.69, 9.17) is 4.42 Å². The Bertz CT molecular complexity index is 2800. The van der Waals surface area contributed by atoms with Gasteiger partial charge >= 0.3 is 11.9 Å². The highest BCUT2D eigenvalue weighted by atomic mass is 32.2. The summed E-state index contributed by atoms with van der Waals surface area (Å²) in [5.41, 5.74) is -3.40. The number of rotatable bonds is 10. The molecule has 0 spiro atoms. The number of hydrogen-bond donors (Lipinski definition) is 3. The number of carbonyl (C=O) groups excluding carboxylic acids is 1. The van der Waals surface area contributed by atoms with Crippen molar-refractivity contribution >= 4 is 73.9 Å². The van der Waals surface area contributed by atoms with E-state index in [1.165, 1.54) is 18.7 Å². The molecule has 3 aromatic rings. The van der Waals surface area contributed by atoms with Gasteiger partial charge in [0.2, 0.25) is 5.55 Å². The van der Waals surface area contributed by atoms with Crippen molar-refractivity contribution < 1.29 is 42.0 Å². The quantitative estimate of drug-likeness (QED) is 0.177. The molecule has 2 aliphatic rings. The van der Waals surface area contributed by atoms with Gasteiger partial charge in [0, 0.05) is 22.7 Å². The lowest BCUT2D eigenvalue weighted by molar-refractivity contribution is -0.138. The summed E-state index contributed by atoms with van der Waals surface area (Å²) in [5.74, 6) is -4.03. The molecule has 0 bridgehead atoms. The first kappa shape index (κ1) is 38.0. The number of aliphatic carboxylic acids is 2. The van der Waals surface area contributed by atoms with Crippen LogP contribution in [0.25, 0.3) is 11.1 Å². The van der Waals surface area contributed by atoms with Crippen molar-refractivity contribution in [2.75, 3.05) is 12.3 Å². The third-order valence-electron chi connectivity index (χ3n) is 7.80. The number of aldehydes is 1. The topological polar surface area (TPSA) is 276 Å². The average molecular weight is 791 g/mol.